The van der Waals surface area contributed by atoms with Gasteiger partial charge < -0.3 is 10.2 Å². The first kappa shape index (κ1) is 12.6. The molecule has 3 rings (SSSR count). The molecule has 1 aliphatic heterocycles. The normalized spacial score (nSPS) is 29.2. The van der Waals surface area contributed by atoms with Crippen LogP contribution in [0, 0.1) is 0 Å². The van der Waals surface area contributed by atoms with Gasteiger partial charge in [0.15, 0.2) is 0 Å². The number of piperidine rings is 1. The van der Waals surface area contributed by atoms with Crippen molar-refractivity contribution in [3.8, 4) is 0 Å². The van der Waals surface area contributed by atoms with Gasteiger partial charge in [0.1, 0.15) is 0 Å². The van der Waals surface area contributed by atoms with Gasteiger partial charge in [-0.15, -0.1) is 11.3 Å². The number of likely N-dealkylation sites (tertiary alicyclic amines) is 1. The van der Waals surface area contributed by atoms with Crippen LogP contribution in [0.2, 0.25) is 0 Å². The SMILES string of the molecule is CN1CCCCC1CNC1CCCc2sccc21. The minimum atomic E-state index is 0.621. The van der Waals surface area contributed by atoms with E-state index in [9.17, 15) is 0 Å². The Balaban J connectivity index is 1.58. The fourth-order valence-electron chi connectivity index (χ4n) is 3.38. The van der Waals surface area contributed by atoms with Gasteiger partial charge in [0.25, 0.3) is 0 Å². The summed E-state index contributed by atoms with van der Waals surface area (Å²) in [4.78, 5) is 4.16. The van der Waals surface area contributed by atoms with E-state index in [4.69, 9.17) is 0 Å². The van der Waals surface area contributed by atoms with Crippen LogP contribution >= 0.6 is 11.3 Å². The Morgan fingerprint density at radius 3 is 3.17 bits per heavy atom. The Morgan fingerprint density at radius 2 is 2.28 bits per heavy atom. The molecule has 1 saturated heterocycles. The van der Waals surface area contributed by atoms with Gasteiger partial charge in [-0.1, -0.05) is 6.42 Å². The van der Waals surface area contributed by atoms with E-state index in [1.807, 2.05) is 11.3 Å². The monoisotopic (exact) mass is 264 g/mol. The van der Waals surface area contributed by atoms with Crippen LogP contribution < -0.4 is 5.32 Å². The lowest BCUT2D eigenvalue weighted by atomic mass is 9.93. The van der Waals surface area contributed by atoms with E-state index in [-0.39, 0.29) is 0 Å². The van der Waals surface area contributed by atoms with Crippen molar-refractivity contribution in [3.63, 3.8) is 0 Å². The molecule has 0 radical (unpaired) electrons. The molecule has 2 unspecified atom stereocenters. The molecule has 1 aromatic rings. The second kappa shape index (κ2) is 5.72. The second-order valence-corrected chi connectivity index (χ2v) is 6.78. The van der Waals surface area contributed by atoms with Gasteiger partial charge in [-0.2, -0.15) is 0 Å². The van der Waals surface area contributed by atoms with Gasteiger partial charge in [0, 0.05) is 23.5 Å². The Morgan fingerprint density at radius 1 is 1.33 bits per heavy atom. The summed E-state index contributed by atoms with van der Waals surface area (Å²) in [7, 11) is 2.28. The summed E-state index contributed by atoms with van der Waals surface area (Å²) in [5, 5.41) is 6.09. The largest absolute Gasteiger partial charge is 0.308 e. The third-order valence-electron chi connectivity index (χ3n) is 4.57. The van der Waals surface area contributed by atoms with Gasteiger partial charge >= 0.3 is 0 Å². The van der Waals surface area contributed by atoms with Crippen molar-refractivity contribution in [2.24, 2.45) is 0 Å². The van der Waals surface area contributed by atoms with Gasteiger partial charge in [-0.3, -0.25) is 0 Å². The number of nitrogens with zero attached hydrogens (tertiary/aromatic N) is 1. The number of fused-ring (bicyclic) bond motifs is 1. The van der Waals surface area contributed by atoms with E-state index >= 15 is 0 Å². The first-order valence-electron chi connectivity index (χ1n) is 7.34. The van der Waals surface area contributed by atoms with Crippen LogP contribution in [0.15, 0.2) is 11.4 Å². The first-order chi connectivity index (χ1) is 8.84. The van der Waals surface area contributed by atoms with Crippen molar-refractivity contribution in [3.05, 3.63) is 21.9 Å². The van der Waals surface area contributed by atoms with Crippen molar-refractivity contribution < 1.29 is 0 Å². The van der Waals surface area contributed by atoms with Crippen molar-refractivity contribution in [2.45, 2.75) is 50.6 Å². The lowest BCUT2D eigenvalue weighted by Gasteiger charge is -2.34. The Hall–Kier alpha value is -0.380. The number of aryl methyl sites for hydroxylation is 1. The average molecular weight is 264 g/mol. The molecule has 0 spiro atoms. The fraction of sp³-hybridized carbons (Fsp3) is 0.733. The van der Waals surface area contributed by atoms with Gasteiger partial charge in [-0.25, -0.2) is 0 Å². The second-order valence-electron chi connectivity index (χ2n) is 5.78. The molecule has 2 atom stereocenters. The molecular formula is C15H24N2S. The van der Waals surface area contributed by atoms with Crippen molar-refractivity contribution in [1.29, 1.82) is 0 Å². The van der Waals surface area contributed by atoms with Crippen LogP contribution in [0.4, 0.5) is 0 Å². The van der Waals surface area contributed by atoms with Crippen LogP contribution in [0.25, 0.3) is 0 Å². The molecule has 1 fully saturated rings. The van der Waals surface area contributed by atoms with Gasteiger partial charge in [0.05, 0.1) is 0 Å². The molecule has 0 saturated carbocycles. The molecule has 1 aliphatic carbocycles. The standard InChI is InChI=1S/C15H24N2S/c1-17-9-3-2-5-12(17)11-16-14-6-4-7-15-13(14)8-10-18-15/h8,10,12,14,16H,2-7,9,11H2,1H3. The van der Waals surface area contributed by atoms with E-state index in [1.165, 1.54) is 45.1 Å². The number of hydrogen-bond donors (Lipinski definition) is 1. The zero-order valence-corrected chi connectivity index (χ0v) is 12.1. The Kier molecular flexibility index (Phi) is 4.02. The summed E-state index contributed by atoms with van der Waals surface area (Å²) >= 11 is 1.94. The van der Waals surface area contributed by atoms with Crippen LogP contribution in [0.1, 0.15) is 48.6 Å². The highest BCUT2D eigenvalue weighted by molar-refractivity contribution is 7.10. The Bertz CT molecular complexity index is 388. The summed E-state index contributed by atoms with van der Waals surface area (Å²) in [6.07, 6.45) is 8.13. The summed E-state index contributed by atoms with van der Waals surface area (Å²) in [5.74, 6) is 0. The van der Waals surface area contributed by atoms with E-state index in [0.717, 1.165) is 12.6 Å². The smallest absolute Gasteiger partial charge is 0.0332 e. The van der Waals surface area contributed by atoms with Crippen LogP contribution in [0.3, 0.4) is 0 Å². The van der Waals surface area contributed by atoms with E-state index in [1.54, 1.807) is 10.4 Å². The third-order valence-corrected chi connectivity index (χ3v) is 5.57. The zero-order chi connectivity index (χ0) is 12.4. The lowest BCUT2D eigenvalue weighted by Crippen LogP contribution is -2.44. The molecule has 2 nitrogen and oxygen atoms in total. The van der Waals surface area contributed by atoms with Crippen molar-refractivity contribution in [2.75, 3.05) is 20.1 Å². The van der Waals surface area contributed by atoms with E-state index in [2.05, 4.69) is 28.7 Å². The van der Waals surface area contributed by atoms with Gasteiger partial charge in [-0.05, 0) is 62.7 Å². The molecule has 3 heteroatoms. The molecule has 1 N–H and O–H groups in total. The molecule has 18 heavy (non-hydrogen) atoms. The molecule has 1 aromatic heterocycles. The number of hydrogen-bond acceptors (Lipinski definition) is 3. The maximum Gasteiger partial charge on any atom is 0.0332 e. The highest BCUT2D eigenvalue weighted by atomic mass is 32.1. The highest BCUT2D eigenvalue weighted by Gasteiger charge is 2.23. The molecule has 2 aliphatic rings. The quantitative estimate of drug-likeness (QED) is 0.902. The summed E-state index contributed by atoms with van der Waals surface area (Å²) in [5.41, 5.74) is 1.59. The maximum atomic E-state index is 3.83. The number of nitrogens with one attached hydrogen (secondary N) is 1. The maximum absolute atomic E-state index is 3.83. The lowest BCUT2D eigenvalue weighted by molar-refractivity contribution is 0.176. The zero-order valence-electron chi connectivity index (χ0n) is 11.3. The first-order valence-corrected chi connectivity index (χ1v) is 8.22. The molecule has 0 aromatic carbocycles. The summed E-state index contributed by atoms with van der Waals surface area (Å²) in [6.45, 7) is 2.44. The number of likely N-dealkylation sites (N-methyl/N-ethyl adjacent to an activating group) is 1. The summed E-state index contributed by atoms with van der Waals surface area (Å²) < 4.78 is 0. The molecule has 0 amide bonds. The van der Waals surface area contributed by atoms with E-state index in [0.29, 0.717) is 6.04 Å². The van der Waals surface area contributed by atoms with Gasteiger partial charge in [0.2, 0.25) is 0 Å². The topological polar surface area (TPSA) is 15.3 Å². The predicted molar refractivity (Wildman–Crippen MR) is 78.3 cm³/mol. The van der Waals surface area contributed by atoms with Crippen LogP contribution in [0.5, 0.6) is 0 Å². The third kappa shape index (κ3) is 2.63. The van der Waals surface area contributed by atoms with Crippen LogP contribution in [-0.2, 0) is 6.42 Å². The Labute approximate surface area is 114 Å². The highest BCUT2D eigenvalue weighted by Crippen LogP contribution is 2.33. The molecule has 2 heterocycles. The fourth-order valence-corrected chi connectivity index (χ4v) is 4.37. The average Bonchev–Trinajstić information content (AvgIpc) is 2.86. The number of thiophene rings is 1. The van der Waals surface area contributed by atoms with Crippen molar-refractivity contribution in [1.82, 2.24) is 10.2 Å². The van der Waals surface area contributed by atoms with Crippen LogP contribution in [-0.4, -0.2) is 31.1 Å². The molecule has 0 bridgehead atoms. The minimum absolute atomic E-state index is 0.621. The predicted octanol–water partition coefficient (Wildman–Crippen LogP) is 3.20. The number of rotatable bonds is 3. The summed E-state index contributed by atoms with van der Waals surface area (Å²) in [6, 6.07) is 3.71. The molecule has 100 valence electrons. The van der Waals surface area contributed by atoms with E-state index < -0.39 is 0 Å². The van der Waals surface area contributed by atoms with Crippen molar-refractivity contribution >= 4 is 11.3 Å². The minimum Gasteiger partial charge on any atom is -0.308 e. The molecular weight excluding hydrogens is 240 g/mol.